The van der Waals surface area contributed by atoms with E-state index in [9.17, 15) is 4.79 Å². The van der Waals surface area contributed by atoms with Crippen LogP contribution in [0.5, 0.6) is 0 Å². The number of nitrogens with one attached hydrogen (secondary N) is 2. The van der Waals surface area contributed by atoms with E-state index in [-0.39, 0.29) is 5.69 Å². The van der Waals surface area contributed by atoms with Crippen LogP contribution in [0.3, 0.4) is 0 Å². The van der Waals surface area contributed by atoms with Gasteiger partial charge in [-0.3, -0.25) is 10.2 Å². The van der Waals surface area contributed by atoms with Gasteiger partial charge in [0.15, 0.2) is 0 Å². The molecular weight excluding hydrogens is 256 g/mol. The van der Waals surface area contributed by atoms with Gasteiger partial charge in [0, 0.05) is 10.9 Å². The van der Waals surface area contributed by atoms with Crippen LogP contribution in [0.15, 0.2) is 24.3 Å². The van der Waals surface area contributed by atoms with Crippen LogP contribution in [0.4, 0.5) is 0 Å². The molecular formula is C11H7ClN4O2. The molecule has 0 aliphatic heterocycles. The maximum Gasteiger partial charge on any atom is 0.353 e. The molecule has 3 aromatic rings. The summed E-state index contributed by atoms with van der Waals surface area (Å²) >= 11 is 5.95. The lowest BCUT2D eigenvalue weighted by atomic mass is 10.1. The number of H-pyrrole nitrogens is 2. The molecule has 7 heteroatoms. The van der Waals surface area contributed by atoms with E-state index in [4.69, 9.17) is 16.7 Å². The second kappa shape index (κ2) is 3.85. The Kier molecular flexibility index (Phi) is 2.31. The van der Waals surface area contributed by atoms with Crippen molar-refractivity contribution < 1.29 is 9.90 Å². The highest BCUT2D eigenvalue weighted by molar-refractivity contribution is 6.34. The van der Waals surface area contributed by atoms with E-state index < -0.39 is 5.97 Å². The van der Waals surface area contributed by atoms with Gasteiger partial charge in [-0.15, -0.1) is 0 Å². The van der Waals surface area contributed by atoms with E-state index in [1.165, 1.54) is 6.07 Å². The minimum absolute atomic E-state index is 0.0448. The molecule has 0 saturated carbocycles. The molecule has 0 bridgehead atoms. The topological polar surface area (TPSA) is 94.7 Å². The van der Waals surface area contributed by atoms with Crippen LogP contribution in [0.2, 0.25) is 5.15 Å². The number of halogens is 1. The van der Waals surface area contributed by atoms with Crippen LogP contribution in [-0.2, 0) is 0 Å². The summed E-state index contributed by atoms with van der Waals surface area (Å²) in [7, 11) is 0. The Labute approximate surface area is 106 Å². The maximum absolute atomic E-state index is 10.8. The zero-order chi connectivity index (χ0) is 12.7. The summed E-state index contributed by atoms with van der Waals surface area (Å²) in [5.74, 6) is -1.05. The minimum Gasteiger partial charge on any atom is -0.477 e. The quantitative estimate of drug-likeness (QED) is 0.660. The van der Waals surface area contributed by atoms with Gasteiger partial charge in [-0.25, -0.2) is 4.79 Å². The highest BCUT2D eigenvalue weighted by Gasteiger charge is 2.11. The highest BCUT2D eigenvalue weighted by Crippen LogP contribution is 2.26. The van der Waals surface area contributed by atoms with Crippen LogP contribution in [0.1, 0.15) is 10.5 Å². The monoisotopic (exact) mass is 262 g/mol. The Morgan fingerprint density at radius 2 is 2.06 bits per heavy atom. The van der Waals surface area contributed by atoms with Crippen molar-refractivity contribution >= 4 is 28.5 Å². The predicted octanol–water partition coefficient (Wildman–Crippen LogP) is 2.30. The summed E-state index contributed by atoms with van der Waals surface area (Å²) in [5, 5.41) is 23.1. The number of carboxylic acids is 1. The number of nitrogens with zero attached hydrogens (tertiary/aromatic N) is 2. The fourth-order valence-corrected chi connectivity index (χ4v) is 1.91. The highest BCUT2D eigenvalue weighted by atomic mass is 35.5. The molecule has 0 amide bonds. The van der Waals surface area contributed by atoms with E-state index in [1.54, 1.807) is 12.1 Å². The van der Waals surface area contributed by atoms with E-state index >= 15 is 0 Å². The summed E-state index contributed by atoms with van der Waals surface area (Å²) < 4.78 is 0. The van der Waals surface area contributed by atoms with Gasteiger partial charge in [0.2, 0.25) is 0 Å². The first-order chi connectivity index (χ1) is 8.65. The average molecular weight is 263 g/mol. The smallest absolute Gasteiger partial charge is 0.353 e. The molecule has 0 unspecified atom stereocenters. The number of aromatic nitrogens is 4. The lowest BCUT2D eigenvalue weighted by Gasteiger charge is -1.95. The van der Waals surface area contributed by atoms with E-state index in [0.717, 1.165) is 16.5 Å². The molecule has 0 radical (unpaired) electrons. The van der Waals surface area contributed by atoms with Crippen molar-refractivity contribution in [2.45, 2.75) is 0 Å². The molecule has 90 valence electrons. The SMILES string of the molecule is O=C(O)c1cc(-c2ccc3n[nH]c(Cl)c3c2)n[nH]1. The molecule has 3 rings (SSSR count). The molecule has 0 aliphatic carbocycles. The van der Waals surface area contributed by atoms with Crippen molar-refractivity contribution in [2.24, 2.45) is 0 Å². The molecule has 1 aromatic carbocycles. The molecule has 2 aromatic heterocycles. The molecule has 0 atom stereocenters. The van der Waals surface area contributed by atoms with E-state index in [0.29, 0.717) is 10.8 Å². The summed E-state index contributed by atoms with van der Waals surface area (Å²) in [6.45, 7) is 0. The number of benzene rings is 1. The lowest BCUT2D eigenvalue weighted by Crippen LogP contribution is -1.95. The van der Waals surface area contributed by atoms with Crippen LogP contribution in [0, 0.1) is 0 Å². The first-order valence-corrected chi connectivity index (χ1v) is 5.45. The first kappa shape index (κ1) is 10.8. The standard InChI is InChI=1S/C11H7ClN4O2/c12-10-6-3-5(1-2-7(6)13-16-10)8-4-9(11(17)18)15-14-8/h1-4H,(H,13,16)(H,14,15)(H,17,18). The Morgan fingerprint density at radius 1 is 1.22 bits per heavy atom. The van der Waals surface area contributed by atoms with Crippen molar-refractivity contribution in [1.29, 1.82) is 0 Å². The molecule has 0 spiro atoms. The fraction of sp³-hybridized carbons (Fsp3) is 0. The van der Waals surface area contributed by atoms with Crippen molar-refractivity contribution in [3.8, 4) is 11.3 Å². The zero-order valence-corrected chi connectivity index (χ0v) is 9.69. The minimum atomic E-state index is -1.05. The van der Waals surface area contributed by atoms with Crippen LogP contribution in [0.25, 0.3) is 22.2 Å². The average Bonchev–Trinajstić information content (AvgIpc) is 2.96. The third-order valence-electron chi connectivity index (χ3n) is 2.61. The second-order valence-electron chi connectivity index (χ2n) is 3.74. The van der Waals surface area contributed by atoms with Gasteiger partial charge >= 0.3 is 5.97 Å². The van der Waals surface area contributed by atoms with Gasteiger partial charge in [0.25, 0.3) is 0 Å². The van der Waals surface area contributed by atoms with Crippen molar-refractivity contribution in [1.82, 2.24) is 20.4 Å². The lowest BCUT2D eigenvalue weighted by molar-refractivity contribution is 0.0690. The number of rotatable bonds is 2. The number of aromatic carboxylic acids is 1. The van der Waals surface area contributed by atoms with Crippen LogP contribution in [-0.4, -0.2) is 31.5 Å². The number of hydrogen-bond acceptors (Lipinski definition) is 3. The second-order valence-corrected chi connectivity index (χ2v) is 4.12. The summed E-state index contributed by atoms with van der Waals surface area (Å²) in [4.78, 5) is 10.8. The number of fused-ring (bicyclic) bond motifs is 1. The first-order valence-electron chi connectivity index (χ1n) is 5.08. The third-order valence-corrected chi connectivity index (χ3v) is 2.90. The molecule has 3 N–H and O–H groups in total. The zero-order valence-electron chi connectivity index (χ0n) is 8.94. The predicted molar refractivity (Wildman–Crippen MR) is 65.6 cm³/mol. The van der Waals surface area contributed by atoms with Gasteiger partial charge in [-0.2, -0.15) is 10.2 Å². The van der Waals surface area contributed by atoms with Crippen molar-refractivity contribution in [3.63, 3.8) is 0 Å². The van der Waals surface area contributed by atoms with E-state index in [2.05, 4.69) is 20.4 Å². The van der Waals surface area contributed by atoms with Crippen LogP contribution < -0.4 is 0 Å². The largest absolute Gasteiger partial charge is 0.477 e. The van der Waals surface area contributed by atoms with Gasteiger partial charge < -0.3 is 5.11 Å². The van der Waals surface area contributed by atoms with Crippen LogP contribution >= 0.6 is 11.6 Å². The van der Waals surface area contributed by atoms with Gasteiger partial charge in [-0.1, -0.05) is 17.7 Å². The molecule has 2 heterocycles. The van der Waals surface area contributed by atoms with Gasteiger partial charge in [0.1, 0.15) is 10.8 Å². The Morgan fingerprint density at radius 3 is 2.78 bits per heavy atom. The summed E-state index contributed by atoms with van der Waals surface area (Å²) in [6.07, 6.45) is 0. The third kappa shape index (κ3) is 1.63. The van der Waals surface area contributed by atoms with E-state index in [1.807, 2.05) is 6.07 Å². The van der Waals surface area contributed by atoms with Gasteiger partial charge in [-0.05, 0) is 18.2 Å². The van der Waals surface area contributed by atoms with Crippen molar-refractivity contribution in [2.75, 3.05) is 0 Å². The van der Waals surface area contributed by atoms with Gasteiger partial charge in [0.05, 0.1) is 11.2 Å². The fourth-order valence-electron chi connectivity index (χ4n) is 1.72. The Hall–Kier alpha value is -2.34. The number of hydrogen-bond donors (Lipinski definition) is 3. The molecule has 6 nitrogen and oxygen atoms in total. The summed E-state index contributed by atoms with van der Waals surface area (Å²) in [5.41, 5.74) is 2.11. The Balaban J connectivity index is 2.12. The normalized spacial score (nSPS) is 10.9. The molecule has 0 aliphatic rings. The summed E-state index contributed by atoms with van der Waals surface area (Å²) in [6, 6.07) is 6.88. The number of carbonyl (C=O) groups is 1. The molecule has 0 fully saturated rings. The number of carboxylic acid groups (broad SMARTS) is 1. The Bertz CT molecular complexity index is 746. The molecule has 18 heavy (non-hydrogen) atoms. The van der Waals surface area contributed by atoms with Crippen molar-refractivity contribution in [3.05, 3.63) is 35.1 Å². The maximum atomic E-state index is 10.8. The molecule has 0 saturated heterocycles. The number of aromatic amines is 2.